The van der Waals surface area contributed by atoms with Crippen molar-refractivity contribution in [3.05, 3.63) is 29.6 Å². The molecular formula is C14H19FN2O2. The third kappa shape index (κ3) is 3.04. The molecule has 1 aromatic carbocycles. The molecule has 2 rings (SSSR count). The lowest BCUT2D eigenvalue weighted by Gasteiger charge is -2.30. The van der Waals surface area contributed by atoms with E-state index in [1.54, 1.807) is 6.07 Å². The minimum atomic E-state index is -0.562. The summed E-state index contributed by atoms with van der Waals surface area (Å²) in [6.45, 7) is 2.97. The van der Waals surface area contributed by atoms with Gasteiger partial charge in [-0.1, -0.05) is 6.07 Å². The SMILES string of the molecule is COc1cccc(F)c1C(=O)NC1CCCNC1C. The Morgan fingerprint density at radius 1 is 1.53 bits per heavy atom. The van der Waals surface area contributed by atoms with Crippen LogP contribution in [0.2, 0.25) is 0 Å². The molecule has 1 aliphatic heterocycles. The number of piperidine rings is 1. The van der Waals surface area contributed by atoms with E-state index in [1.165, 1.54) is 19.2 Å². The van der Waals surface area contributed by atoms with Crippen LogP contribution in [0.15, 0.2) is 18.2 Å². The highest BCUT2D eigenvalue weighted by Crippen LogP contribution is 2.21. The second-order valence-corrected chi connectivity index (χ2v) is 4.78. The maximum atomic E-state index is 13.8. The van der Waals surface area contributed by atoms with Gasteiger partial charge in [0.25, 0.3) is 5.91 Å². The molecular weight excluding hydrogens is 247 g/mol. The van der Waals surface area contributed by atoms with Crippen LogP contribution >= 0.6 is 0 Å². The first-order valence-corrected chi connectivity index (χ1v) is 6.50. The quantitative estimate of drug-likeness (QED) is 0.875. The summed E-state index contributed by atoms with van der Waals surface area (Å²) in [5, 5.41) is 6.17. The maximum Gasteiger partial charge on any atom is 0.258 e. The highest BCUT2D eigenvalue weighted by Gasteiger charge is 2.25. The summed E-state index contributed by atoms with van der Waals surface area (Å²) in [5.74, 6) is -0.724. The molecule has 1 saturated heterocycles. The van der Waals surface area contributed by atoms with E-state index in [4.69, 9.17) is 4.74 Å². The fourth-order valence-electron chi connectivity index (χ4n) is 2.38. The molecule has 5 heteroatoms. The highest BCUT2D eigenvalue weighted by atomic mass is 19.1. The van der Waals surface area contributed by atoms with Gasteiger partial charge in [-0.05, 0) is 38.4 Å². The average Bonchev–Trinajstić information content (AvgIpc) is 2.40. The molecule has 0 bridgehead atoms. The second kappa shape index (κ2) is 6.02. The molecule has 2 N–H and O–H groups in total. The van der Waals surface area contributed by atoms with Crippen LogP contribution in [0.3, 0.4) is 0 Å². The third-order valence-corrected chi connectivity index (χ3v) is 3.50. The molecule has 104 valence electrons. The van der Waals surface area contributed by atoms with Crippen molar-refractivity contribution in [1.29, 1.82) is 0 Å². The van der Waals surface area contributed by atoms with E-state index in [9.17, 15) is 9.18 Å². The van der Waals surface area contributed by atoms with Gasteiger partial charge in [0.05, 0.1) is 7.11 Å². The number of carbonyl (C=O) groups is 1. The molecule has 0 aromatic heterocycles. The monoisotopic (exact) mass is 266 g/mol. The predicted molar refractivity (Wildman–Crippen MR) is 70.9 cm³/mol. The van der Waals surface area contributed by atoms with Gasteiger partial charge in [0.2, 0.25) is 0 Å². The summed E-state index contributed by atoms with van der Waals surface area (Å²) in [6.07, 6.45) is 1.90. The molecule has 19 heavy (non-hydrogen) atoms. The number of halogens is 1. The molecule has 1 heterocycles. The van der Waals surface area contributed by atoms with Gasteiger partial charge in [0.1, 0.15) is 17.1 Å². The molecule has 0 spiro atoms. The summed E-state index contributed by atoms with van der Waals surface area (Å²) < 4.78 is 18.8. The van der Waals surface area contributed by atoms with Crippen molar-refractivity contribution < 1.29 is 13.9 Å². The summed E-state index contributed by atoms with van der Waals surface area (Å²) in [4.78, 5) is 12.2. The average molecular weight is 266 g/mol. The molecule has 0 saturated carbocycles. The van der Waals surface area contributed by atoms with Gasteiger partial charge in [0.15, 0.2) is 0 Å². The third-order valence-electron chi connectivity index (χ3n) is 3.50. The van der Waals surface area contributed by atoms with E-state index < -0.39 is 11.7 Å². The molecule has 2 unspecified atom stereocenters. The molecule has 0 aliphatic carbocycles. The Hall–Kier alpha value is -1.62. The Kier molecular flexibility index (Phi) is 4.37. The Bertz CT molecular complexity index is 465. The molecule has 1 amide bonds. The van der Waals surface area contributed by atoms with Gasteiger partial charge in [-0.15, -0.1) is 0 Å². The second-order valence-electron chi connectivity index (χ2n) is 4.78. The molecule has 0 radical (unpaired) electrons. The van der Waals surface area contributed by atoms with Crippen molar-refractivity contribution in [3.63, 3.8) is 0 Å². The van der Waals surface area contributed by atoms with Crippen LogP contribution in [0, 0.1) is 5.82 Å². The van der Waals surface area contributed by atoms with Gasteiger partial charge in [-0.25, -0.2) is 4.39 Å². The fraction of sp³-hybridized carbons (Fsp3) is 0.500. The molecule has 2 atom stereocenters. The minimum absolute atomic E-state index is 0.0190. The van der Waals surface area contributed by atoms with E-state index in [1.807, 2.05) is 6.92 Å². The number of hydrogen-bond acceptors (Lipinski definition) is 3. The van der Waals surface area contributed by atoms with E-state index in [0.29, 0.717) is 0 Å². The Morgan fingerprint density at radius 3 is 3.00 bits per heavy atom. The Balaban J connectivity index is 2.15. The normalized spacial score (nSPS) is 22.9. The summed E-state index contributed by atoms with van der Waals surface area (Å²) >= 11 is 0. The summed E-state index contributed by atoms with van der Waals surface area (Å²) in [7, 11) is 1.43. The number of benzene rings is 1. The molecule has 1 fully saturated rings. The van der Waals surface area contributed by atoms with Gasteiger partial charge >= 0.3 is 0 Å². The standard InChI is InChI=1S/C14H19FN2O2/c1-9-11(6-4-8-16-9)17-14(18)13-10(15)5-3-7-12(13)19-2/h3,5,7,9,11,16H,4,6,8H2,1-2H3,(H,17,18). The zero-order valence-corrected chi connectivity index (χ0v) is 11.2. The first-order chi connectivity index (χ1) is 9.13. The van der Waals surface area contributed by atoms with E-state index in [0.717, 1.165) is 19.4 Å². The lowest BCUT2D eigenvalue weighted by atomic mass is 9.99. The van der Waals surface area contributed by atoms with Crippen LogP contribution in [-0.2, 0) is 0 Å². The number of carbonyl (C=O) groups excluding carboxylic acids is 1. The van der Waals surface area contributed by atoms with Crippen LogP contribution in [-0.4, -0.2) is 31.6 Å². The summed E-state index contributed by atoms with van der Waals surface area (Å²) in [6, 6.07) is 4.58. The van der Waals surface area contributed by atoms with Crippen LogP contribution in [0.25, 0.3) is 0 Å². The fourth-order valence-corrected chi connectivity index (χ4v) is 2.38. The Morgan fingerprint density at radius 2 is 2.32 bits per heavy atom. The topological polar surface area (TPSA) is 50.4 Å². The van der Waals surface area contributed by atoms with Crippen LogP contribution in [0.1, 0.15) is 30.1 Å². The lowest BCUT2D eigenvalue weighted by molar-refractivity contribution is 0.0912. The van der Waals surface area contributed by atoms with Gasteiger partial charge in [-0.3, -0.25) is 4.79 Å². The van der Waals surface area contributed by atoms with E-state index >= 15 is 0 Å². The molecule has 1 aliphatic rings. The van der Waals surface area contributed by atoms with Crippen LogP contribution in [0.5, 0.6) is 5.75 Å². The van der Waals surface area contributed by atoms with Gasteiger partial charge < -0.3 is 15.4 Å². The maximum absolute atomic E-state index is 13.8. The van der Waals surface area contributed by atoms with Crippen LogP contribution in [0.4, 0.5) is 4.39 Å². The number of amides is 1. The zero-order valence-electron chi connectivity index (χ0n) is 11.2. The van der Waals surface area contributed by atoms with Crippen molar-refractivity contribution >= 4 is 5.91 Å². The smallest absolute Gasteiger partial charge is 0.258 e. The summed E-state index contributed by atoms with van der Waals surface area (Å²) in [5.41, 5.74) is -0.0252. The number of hydrogen-bond donors (Lipinski definition) is 2. The highest BCUT2D eigenvalue weighted by molar-refractivity contribution is 5.97. The zero-order chi connectivity index (χ0) is 13.8. The number of methoxy groups -OCH3 is 1. The van der Waals surface area contributed by atoms with Gasteiger partial charge in [0, 0.05) is 12.1 Å². The largest absolute Gasteiger partial charge is 0.496 e. The van der Waals surface area contributed by atoms with Crippen molar-refractivity contribution in [2.45, 2.75) is 31.8 Å². The lowest BCUT2D eigenvalue weighted by Crippen LogP contribution is -2.52. The van der Waals surface area contributed by atoms with Crippen molar-refractivity contribution in [2.24, 2.45) is 0 Å². The van der Waals surface area contributed by atoms with Gasteiger partial charge in [-0.2, -0.15) is 0 Å². The molecule has 1 aromatic rings. The van der Waals surface area contributed by atoms with E-state index in [-0.39, 0.29) is 23.4 Å². The Labute approximate surface area is 112 Å². The molecule has 4 nitrogen and oxygen atoms in total. The van der Waals surface area contributed by atoms with E-state index in [2.05, 4.69) is 10.6 Å². The minimum Gasteiger partial charge on any atom is -0.496 e. The first-order valence-electron chi connectivity index (χ1n) is 6.50. The van der Waals surface area contributed by atoms with Crippen molar-refractivity contribution in [1.82, 2.24) is 10.6 Å². The number of nitrogens with one attached hydrogen (secondary N) is 2. The number of ether oxygens (including phenoxy) is 1. The first kappa shape index (κ1) is 13.8. The predicted octanol–water partition coefficient (Wildman–Crippen LogP) is 1.70. The van der Waals surface area contributed by atoms with Crippen molar-refractivity contribution in [2.75, 3.05) is 13.7 Å². The number of rotatable bonds is 3. The van der Waals surface area contributed by atoms with Crippen molar-refractivity contribution in [3.8, 4) is 5.75 Å². The van der Waals surface area contributed by atoms with Crippen LogP contribution < -0.4 is 15.4 Å².